The van der Waals surface area contributed by atoms with Gasteiger partial charge >= 0.3 is 5.97 Å². The molecule has 0 spiro atoms. The number of aliphatic carboxylic acids is 1. The van der Waals surface area contributed by atoms with Gasteiger partial charge in [-0.2, -0.15) is 0 Å². The number of sulfonamides is 1. The molecule has 0 amide bonds. The maximum absolute atomic E-state index is 12.1. The van der Waals surface area contributed by atoms with Gasteiger partial charge in [-0.15, -0.1) is 0 Å². The van der Waals surface area contributed by atoms with E-state index in [4.69, 9.17) is 9.84 Å². The Balaban J connectivity index is 1.69. The summed E-state index contributed by atoms with van der Waals surface area (Å²) >= 11 is 0. The average Bonchev–Trinajstić information content (AvgIpc) is 2.99. The Labute approximate surface area is 130 Å². The van der Waals surface area contributed by atoms with Gasteiger partial charge in [-0.3, -0.25) is 4.79 Å². The van der Waals surface area contributed by atoms with Crippen LogP contribution in [0.2, 0.25) is 0 Å². The molecule has 1 atom stereocenters. The van der Waals surface area contributed by atoms with E-state index in [-0.39, 0.29) is 12.3 Å². The predicted octanol–water partition coefficient (Wildman–Crippen LogP) is 1.33. The second kappa shape index (κ2) is 7.71. The standard InChI is InChI=1S/C15H21NO5S/c17-15(18)14-7-8-16(11-14)22(19,20)10-4-9-21-12-13-5-2-1-3-6-13/h1-3,5-6,14H,4,7-12H2,(H,17,18). The molecule has 1 heterocycles. The van der Waals surface area contributed by atoms with Gasteiger partial charge in [0.25, 0.3) is 0 Å². The zero-order valence-corrected chi connectivity index (χ0v) is 13.2. The molecule has 1 aromatic rings. The van der Waals surface area contributed by atoms with Crippen LogP contribution in [0.15, 0.2) is 30.3 Å². The summed E-state index contributed by atoms with van der Waals surface area (Å²) in [7, 11) is -3.38. The van der Waals surface area contributed by atoms with E-state index in [2.05, 4.69) is 0 Å². The molecule has 1 saturated heterocycles. The van der Waals surface area contributed by atoms with Crippen molar-refractivity contribution in [2.75, 3.05) is 25.4 Å². The van der Waals surface area contributed by atoms with Crippen molar-refractivity contribution in [3.05, 3.63) is 35.9 Å². The fraction of sp³-hybridized carbons (Fsp3) is 0.533. The smallest absolute Gasteiger partial charge is 0.307 e. The molecule has 0 aliphatic carbocycles. The Morgan fingerprint density at radius 3 is 2.68 bits per heavy atom. The van der Waals surface area contributed by atoms with E-state index in [1.54, 1.807) is 0 Å². The Hall–Kier alpha value is -1.44. The molecule has 1 unspecified atom stereocenters. The number of hydrogen-bond donors (Lipinski definition) is 1. The highest BCUT2D eigenvalue weighted by atomic mass is 32.2. The first-order valence-corrected chi connectivity index (χ1v) is 8.92. The largest absolute Gasteiger partial charge is 0.481 e. The zero-order chi connectivity index (χ0) is 16.0. The van der Waals surface area contributed by atoms with Crippen LogP contribution in [0, 0.1) is 5.92 Å². The van der Waals surface area contributed by atoms with Gasteiger partial charge in [0.15, 0.2) is 0 Å². The quantitative estimate of drug-likeness (QED) is 0.728. The van der Waals surface area contributed by atoms with Crippen LogP contribution in [0.3, 0.4) is 0 Å². The second-order valence-electron chi connectivity index (χ2n) is 5.39. The van der Waals surface area contributed by atoms with Gasteiger partial charge in [-0.25, -0.2) is 12.7 Å². The van der Waals surface area contributed by atoms with Gasteiger partial charge in [-0.05, 0) is 18.4 Å². The van der Waals surface area contributed by atoms with Crippen LogP contribution in [-0.4, -0.2) is 49.2 Å². The lowest BCUT2D eigenvalue weighted by Gasteiger charge is -2.15. The van der Waals surface area contributed by atoms with Crippen LogP contribution >= 0.6 is 0 Å². The molecule has 22 heavy (non-hydrogen) atoms. The van der Waals surface area contributed by atoms with E-state index in [1.165, 1.54) is 4.31 Å². The van der Waals surface area contributed by atoms with E-state index in [0.29, 0.717) is 32.6 Å². The number of hydrogen-bond acceptors (Lipinski definition) is 4. The molecule has 1 aromatic carbocycles. The van der Waals surface area contributed by atoms with Crippen molar-refractivity contribution in [1.29, 1.82) is 0 Å². The summed E-state index contributed by atoms with van der Waals surface area (Å²) < 4.78 is 31.0. The summed E-state index contributed by atoms with van der Waals surface area (Å²) in [6, 6.07) is 9.68. The number of benzene rings is 1. The number of carbonyl (C=O) groups is 1. The Bertz CT molecular complexity index is 587. The highest BCUT2D eigenvalue weighted by Gasteiger charge is 2.34. The molecule has 0 bridgehead atoms. The van der Waals surface area contributed by atoms with E-state index >= 15 is 0 Å². The Morgan fingerprint density at radius 2 is 2.05 bits per heavy atom. The molecular weight excluding hydrogens is 306 g/mol. The normalized spacial score (nSPS) is 19.4. The van der Waals surface area contributed by atoms with Crippen molar-refractivity contribution in [2.45, 2.75) is 19.4 Å². The molecule has 1 aliphatic rings. The molecule has 1 fully saturated rings. The number of rotatable bonds is 8. The van der Waals surface area contributed by atoms with E-state index in [1.807, 2.05) is 30.3 Å². The number of ether oxygens (including phenoxy) is 1. The van der Waals surface area contributed by atoms with Crippen LogP contribution in [0.5, 0.6) is 0 Å². The maximum Gasteiger partial charge on any atom is 0.307 e. The van der Waals surface area contributed by atoms with Crippen molar-refractivity contribution in [1.82, 2.24) is 4.31 Å². The topological polar surface area (TPSA) is 83.9 Å². The third-order valence-corrected chi connectivity index (χ3v) is 5.62. The lowest BCUT2D eigenvalue weighted by atomic mass is 10.1. The monoisotopic (exact) mass is 327 g/mol. The molecule has 0 aromatic heterocycles. The minimum Gasteiger partial charge on any atom is -0.481 e. The van der Waals surface area contributed by atoms with Gasteiger partial charge in [-0.1, -0.05) is 30.3 Å². The van der Waals surface area contributed by atoms with Gasteiger partial charge in [0.1, 0.15) is 0 Å². The summed E-state index contributed by atoms with van der Waals surface area (Å²) in [6.45, 7) is 1.21. The maximum atomic E-state index is 12.1. The van der Waals surface area contributed by atoms with Crippen LogP contribution in [0.1, 0.15) is 18.4 Å². The molecule has 7 heteroatoms. The molecule has 1 aliphatic heterocycles. The number of carboxylic acid groups (broad SMARTS) is 1. The lowest BCUT2D eigenvalue weighted by Crippen LogP contribution is -2.32. The van der Waals surface area contributed by atoms with Crippen molar-refractivity contribution >= 4 is 16.0 Å². The summed E-state index contributed by atoms with van der Waals surface area (Å²) in [6.07, 6.45) is 0.794. The zero-order valence-electron chi connectivity index (χ0n) is 12.3. The number of nitrogens with zero attached hydrogens (tertiary/aromatic N) is 1. The lowest BCUT2D eigenvalue weighted by molar-refractivity contribution is -0.141. The van der Waals surface area contributed by atoms with Crippen LogP contribution in [-0.2, 0) is 26.2 Å². The van der Waals surface area contributed by atoms with E-state index in [9.17, 15) is 13.2 Å². The summed E-state index contributed by atoms with van der Waals surface area (Å²) in [5.74, 6) is -1.51. The molecule has 1 N–H and O–H groups in total. The Morgan fingerprint density at radius 1 is 1.32 bits per heavy atom. The molecule has 0 radical (unpaired) electrons. The van der Waals surface area contributed by atoms with Crippen LogP contribution in [0.25, 0.3) is 0 Å². The van der Waals surface area contributed by atoms with Crippen LogP contribution < -0.4 is 0 Å². The third kappa shape index (κ3) is 4.79. The van der Waals surface area contributed by atoms with Crippen molar-refractivity contribution in [3.63, 3.8) is 0 Å². The summed E-state index contributed by atoms with van der Waals surface area (Å²) in [5, 5.41) is 8.91. The van der Waals surface area contributed by atoms with Crippen molar-refractivity contribution < 1.29 is 23.1 Å². The number of carboxylic acids is 1. The van der Waals surface area contributed by atoms with Gasteiger partial charge in [0.05, 0.1) is 18.3 Å². The molecule has 0 saturated carbocycles. The van der Waals surface area contributed by atoms with E-state index < -0.39 is 21.9 Å². The minimum atomic E-state index is -3.38. The first kappa shape index (κ1) is 16.9. The van der Waals surface area contributed by atoms with Crippen molar-refractivity contribution in [2.24, 2.45) is 5.92 Å². The second-order valence-corrected chi connectivity index (χ2v) is 7.48. The van der Waals surface area contributed by atoms with E-state index in [0.717, 1.165) is 5.56 Å². The van der Waals surface area contributed by atoms with Gasteiger partial charge in [0, 0.05) is 19.7 Å². The van der Waals surface area contributed by atoms with Gasteiger partial charge < -0.3 is 9.84 Å². The third-order valence-electron chi connectivity index (χ3n) is 3.70. The minimum absolute atomic E-state index is 0.00582. The highest BCUT2D eigenvalue weighted by molar-refractivity contribution is 7.89. The summed E-state index contributed by atoms with van der Waals surface area (Å²) in [5.41, 5.74) is 1.05. The highest BCUT2D eigenvalue weighted by Crippen LogP contribution is 2.20. The fourth-order valence-corrected chi connectivity index (χ4v) is 3.95. The Kier molecular flexibility index (Phi) is 5.93. The summed E-state index contributed by atoms with van der Waals surface area (Å²) in [4.78, 5) is 10.9. The SMILES string of the molecule is O=C(O)C1CCN(S(=O)(=O)CCCOCc2ccccc2)C1. The first-order chi connectivity index (χ1) is 10.5. The molecule has 2 rings (SSSR count). The molecule has 6 nitrogen and oxygen atoms in total. The van der Waals surface area contributed by atoms with Crippen molar-refractivity contribution in [3.8, 4) is 0 Å². The first-order valence-electron chi connectivity index (χ1n) is 7.31. The molecular formula is C15H21NO5S. The predicted molar refractivity (Wildman–Crippen MR) is 81.8 cm³/mol. The van der Waals surface area contributed by atoms with Gasteiger partial charge in [0.2, 0.25) is 10.0 Å². The molecule has 122 valence electrons. The average molecular weight is 327 g/mol. The van der Waals surface area contributed by atoms with Crippen LogP contribution in [0.4, 0.5) is 0 Å². The fourth-order valence-electron chi connectivity index (χ4n) is 2.42.